The summed E-state index contributed by atoms with van der Waals surface area (Å²) in [7, 11) is 0. The van der Waals surface area contributed by atoms with E-state index in [9.17, 15) is 4.79 Å². The van der Waals surface area contributed by atoms with Gasteiger partial charge >= 0.3 is 5.97 Å². The number of hydrogen-bond donors (Lipinski definition) is 1. The van der Waals surface area contributed by atoms with E-state index >= 15 is 0 Å². The Morgan fingerprint density at radius 3 is 2.48 bits per heavy atom. The summed E-state index contributed by atoms with van der Waals surface area (Å²) in [6.07, 6.45) is 0. The molecule has 4 nitrogen and oxygen atoms in total. The number of nitrogens with one attached hydrogen (secondary N) is 1. The van der Waals surface area contributed by atoms with E-state index in [1.165, 1.54) is 0 Å². The molecular weight excluding hydrogens is 264 g/mol. The fraction of sp³-hybridized carbons (Fsp3) is 0.176. The van der Waals surface area contributed by atoms with Crippen molar-refractivity contribution in [3.63, 3.8) is 0 Å². The van der Waals surface area contributed by atoms with Gasteiger partial charge in [0.2, 0.25) is 6.04 Å². The van der Waals surface area contributed by atoms with E-state index < -0.39 is 12.0 Å². The average Bonchev–Trinajstić information content (AvgIpc) is 2.53. The molecule has 0 bridgehead atoms. The highest BCUT2D eigenvalue weighted by molar-refractivity contribution is 5.82. The van der Waals surface area contributed by atoms with Crippen LogP contribution in [0.25, 0.3) is 0 Å². The molecule has 0 aromatic heterocycles. The van der Waals surface area contributed by atoms with Crippen molar-refractivity contribution in [3.8, 4) is 6.07 Å². The minimum atomic E-state index is -1.02. The molecule has 0 amide bonds. The summed E-state index contributed by atoms with van der Waals surface area (Å²) in [5, 5.41) is 12.0. The molecule has 0 aliphatic carbocycles. The lowest BCUT2D eigenvalue weighted by molar-refractivity contribution is -0.144. The fourth-order valence-electron chi connectivity index (χ4n) is 1.77. The molecule has 0 heterocycles. The first-order chi connectivity index (χ1) is 10.2. The number of benzene rings is 2. The van der Waals surface area contributed by atoms with Crippen LogP contribution in [0.4, 0.5) is 5.69 Å². The standard InChI is InChI=1S/C17H16N2O2/c1-13-7-9-15(10-8-13)19-16(11-18)17(20)21-12-14-5-3-2-4-6-14/h2-10,16,19H,12H2,1H3. The number of nitrogens with zero attached hydrogens (tertiary/aromatic N) is 1. The number of ether oxygens (including phenoxy) is 1. The summed E-state index contributed by atoms with van der Waals surface area (Å²) < 4.78 is 5.15. The van der Waals surface area contributed by atoms with Gasteiger partial charge in [-0.3, -0.25) is 0 Å². The Kier molecular flexibility index (Phi) is 4.94. The quantitative estimate of drug-likeness (QED) is 0.855. The number of nitriles is 1. The third-order valence-electron chi connectivity index (χ3n) is 2.95. The molecule has 1 N–H and O–H groups in total. The van der Waals surface area contributed by atoms with Crippen molar-refractivity contribution in [2.75, 3.05) is 5.32 Å². The van der Waals surface area contributed by atoms with Crippen molar-refractivity contribution < 1.29 is 9.53 Å². The van der Waals surface area contributed by atoms with Crippen LogP contribution >= 0.6 is 0 Å². The molecule has 2 aromatic rings. The molecular formula is C17H16N2O2. The Hall–Kier alpha value is -2.80. The second kappa shape index (κ2) is 7.11. The number of carbonyl (C=O) groups excluding carboxylic acids is 1. The molecule has 0 saturated carbocycles. The van der Waals surface area contributed by atoms with Crippen molar-refractivity contribution in [2.24, 2.45) is 0 Å². The number of aryl methyl sites for hydroxylation is 1. The third kappa shape index (κ3) is 4.36. The van der Waals surface area contributed by atoms with Crippen LogP contribution in [0.3, 0.4) is 0 Å². The van der Waals surface area contributed by atoms with E-state index in [0.29, 0.717) is 5.69 Å². The Labute approximate surface area is 124 Å². The Morgan fingerprint density at radius 1 is 1.19 bits per heavy atom. The molecule has 106 valence electrons. The first kappa shape index (κ1) is 14.6. The van der Waals surface area contributed by atoms with Crippen LogP contribution in [0.1, 0.15) is 11.1 Å². The van der Waals surface area contributed by atoms with Crippen LogP contribution in [0.2, 0.25) is 0 Å². The summed E-state index contributed by atoms with van der Waals surface area (Å²) >= 11 is 0. The number of anilines is 1. The molecule has 0 aliphatic heterocycles. The molecule has 1 unspecified atom stereocenters. The second-order valence-corrected chi connectivity index (χ2v) is 4.67. The number of carbonyl (C=O) groups is 1. The first-order valence-electron chi connectivity index (χ1n) is 6.62. The molecule has 0 aliphatic rings. The van der Waals surface area contributed by atoms with Crippen LogP contribution in [-0.2, 0) is 16.1 Å². The van der Waals surface area contributed by atoms with Gasteiger partial charge < -0.3 is 10.1 Å². The highest BCUT2D eigenvalue weighted by atomic mass is 16.5. The smallest absolute Gasteiger partial charge is 0.343 e. The van der Waals surface area contributed by atoms with E-state index in [1.54, 1.807) is 0 Å². The van der Waals surface area contributed by atoms with Crippen LogP contribution < -0.4 is 5.32 Å². The van der Waals surface area contributed by atoms with E-state index in [4.69, 9.17) is 10.00 Å². The van der Waals surface area contributed by atoms with Crippen LogP contribution in [0.15, 0.2) is 54.6 Å². The SMILES string of the molecule is Cc1ccc(NC(C#N)C(=O)OCc2ccccc2)cc1. The van der Waals surface area contributed by atoms with Crippen molar-refractivity contribution in [2.45, 2.75) is 19.6 Å². The highest BCUT2D eigenvalue weighted by Gasteiger charge is 2.19. The van der Waals surface area contributed by atoms with Crippen molar-refractivity contribution in [1.82, 2.24) is 0 Å². The van der Waals surface area contributed by atoms with E-state index in [1.807, 2.05) is 67.6 Å². The topological polar surface area (TPSA) is 62.1 Å². The van der Waals surface area contributed by atoms with Gasteiger partial charge in [0.15, 0.2) is 0 Å². The van der Waals surface area contributed by atoms with Gasteiger partial charge in [0, 0.05) is 5.69 Å². The zero-order valence-corrected chi connectivity index (χ0v) is 11.7. The van der Waals surface area contributed by atoms with Gasteiger partial charge in [-0.25, -0.2) is 4.79 Å². The van der Waals surface area contributed by atoms with Crippen molar-refractivity contribution >= 4 is 11.7 Å². The second-order valence-electron chi connectivity index (χ2n) is 4.67. The lowest BCUT2D eigenvalue weighted by atomic mass is 10.2. The average molecular weight is 280 g/mol. The van der Waals surface area contributed by atoms with Crippen LogP contribution in [0.5, 0.6) is 0 Å². The van der Waals surface area contributed by atoms with Gasteiger partial charge in [-0.05, 0) is 24.6 Å². The molecule has 0 saturated heterocycles. The van der Waals surface area contributed by atoms with Gasteiger partial charge in [0.25, 0.3) is 0 Å². The summed E-state index contributed by atoms with van der Waals surface area (Å²) in [6.45, 7) is 2.13. The predicted octanol–water partition coefficient (Wildman–Crippen LogP) is 3.04. The predicted molar refractivity (Wildman–Crippen MR) is 80.4 cm³/mol. The van der Waals surface area contributed by atoms with Crippen LogP contribution in [0, 0.1) is 18.3 Å². The van der Waals surface area contributed by atoms with E-state index in [2.05, 4.69) is 5.32 Å². The summed E-state index contributed by atoms with van der Waals surface area (Å²) in [5.74, 6) is -0.582. The largest absolute Gasteiger partial charge is 0.458 e. The lowest BCUT2D eigenvalue weighted by Crippen LogP contribution is -2.29. The van der Waals surface area contributed by atoms with Gasteiger partial charge in [0.1, 0.15) is 6.61 Å². The molecule has 2 aromatic carbocycles. The zero-order chi connectivity index (χ0) is 15.1. The van der Waals surface area contributed by atoms with Crippen LogP contribution in [-0.4, -0.2) is 12.0 Å². The highest BCUT2D eigenvalue weighted by Crippen LogP contribution is 2.11. The maximum atomic E-state index is 11.9. The van der Waals surface area contributed by atoms with Gasteiger partial charge in [-0.2, -0.15) is 5.26 Å². The molecule has 2 rings (SSSR count). The summed E-state index contributed by atoms with van der Waals surface area (Å²) in [5.41, 5.74) is 2.71. The lowest BCUT2D eigenvalue weighted by Gasteiger charge is -2.12. The molecule has 21 heavy (non-hydrogen) atoms. The maximum Gasteiger partial charge on any atom is 0.343 e. The molecule has 1 atom stereocenters. The Balaban J connectivity index is 1.93. The van der Waals surface area contributed by atoms with E-state index in [-0.39, 0.29) is 6.61 Å². The normalized spacial score (nSPS) is 11.2. The monoisotopic (exact) mass is 280 g/mol. The van der Waals surface area contributed by atoms with Gasteiger partial charge in [-0.1, -0.05) is 48.0 Å². The Morgan fingerprint density at radius 2 is 1.86 bits per heavy atom. The van der Waals surface area contributed by atoms with Crippen molar-refractivity contribution in [1.29, 1.82) is 5.26 Å². The minimum absolute atomic E-state index is 0.160. The van der Waals surface area contributed by atoms with Gasteiger partial charge in [0.05, 0.1) is 6.07 Å². The fourth-order valence-corrected chi connectivity index (χ4v) is 1.77. The molecule has 0 fully saturated rings. The summed E-state index contributed by atoms with van der Waals surface area (Å²) in [4.78, 5) is 11.9. The number of hydrogen-bond acceptors (Lipinski definition) is 4. The van der Waals surface area contributed by atoms with E-state index in [0.717, 1.165) is 11.1 Å². The number of rotatable bonds is 5. The molecule has 0 radical (unpaired) electrons. The maximum absolute atomic E-state index is 11.9. The Bertz CT molecular complexity index is 630. The molecule has 4 heteroatoms. The summed E-state index contributed by atoms with van der Waals surface area (Å²) in [6, 6.07) is 17.7. The first-order valence-corrected chi connectivity index (χ1v) is 6.62. The van der Waals surface area contributed by atoms with Gasteiger partial charge in [-0.15, -0.1) is 0 Å². The van der Waals surface area contributed by atoms with Crippen molar-refractivity contribution in [3.05, 3.63) is 65.7 Å². The zero-order valence-electron chi connectivity index (χ0n) is 11.7. The molecule has 0 spiro atoms. The third-order valence-corrected chi connectivity index (χ3v) is 2.95. The minimum Gasteiger partial charge on any atom is -0.458 e. The number of esters is 1.